The number of H-pyrrole nitrogens is 1. The fourth-order valence-electron chi connectivity index (χ4n) is 4.10. The van der Waals surface area contributed by atoms with Crippen molar-refractivity contribution in [3.05, 3.63) is 79.0 Å². The van der Waals surface area contributed by atoms with Crippen LogP contribution >= 0.6 is 0 Å². The molecule has 1 fully saturated rings. The summed E-state index contributed by atoms with van der Waals surface area (Å²) in [6, 6.07) is 22.6. The maximum atomic E-state index is 12.9. The molecule has 7 nitrogen and oxygen atoms in total. The molecule has 1 unspecified atom stereocenters. The van der Waals surface area contributed by atoms with E-state index in [2.05, 4.69) is 20.8 Å². The number of aromatic nitrogens is 2. The van der Waals surface area contributed by atoms with Crippen LogP contribution < -0.4 is 10.6 Å². The van der Waals surface area contributed by atoms with Gasteiger partial charge in [-0.25, -0.2) is 4.79 Å². The van der Waals surface area contributed by atoms with Crippen molar-refractivity contribution in [1.29, 1.82) is 0 Å². The van der Waals surface area contributed by atoms with E-state index in [0.717, 1.165) is 28.5 Å². The average Bonchev–Trinajstić information content (AvgIpc) is 3.50. The Morgan fingerprint density at radius 2 is 1.66 bits per heavy atom. The number of carbonyl (C=O) groups is 2. The van der Waals surface area contributed by atoms with Gasteiger partial charge in [-0.2, -0.15) is 5.10 Å². The fraction of sp³-hybridized carbons (Fsp3) is 0.160. The summed E-state index contributed by atoms with van der Waals surface area (Å²) in [5.74, 6) is -0.181. The zero-order valence-corrected chi connectivity index (χ0v) is 17.4. The number of nitrogens with one attached hydrogen (secondary N) is 3. The third-order valence-corrected chi connectivity index (χ3v) is 5.77. The monoisotopic (exact) mass is 425 g/mol. The number of hydrogen-bond donors (Lipinski definition) is 3. The second kappa shape index (κ2) is 8.55. The number of nitrogens with zero attached hydrogens (tertiary/aromatic N) is 2. The van der Waals surface area contributed by atoms with Gasteiger partial charge in [0.15, 0.2) is 0 Å². The SMILES string of the molecule is O=C(Nc1ccc2[nH]ncc2c1)C1CCCN1C(=O)Nc1ccc(-c2ccccc2)cc1. The van der Waals surface area contributed by atoms with E-state index in [-0.39, 0.29) is 11.9 Å². The summed E-state index contributed by atoms with van der Waals surface area (Å²) in [5.41, 5.74) is 4.49. The standard InChI is InChI=1S/C25H23N5O2/c31-24(27-21-12-13-22-19(15-21)16-26-29-22)23-7-4-14-30(23)25(32)28-20-10-8-18(9-11-20)17-5-2-1-3-6-17/h1-3,5-6,8-13,15-16,23H,4,7,14H2,(H,26,29)(H,27,31)(H,28,32). The smallest absolute Gasteiger partial charge is 0.322 e. The lowest BCUT2D eigenvalue weighted by atomic mass is 10.1. The summed E-state index contributed by atoms with van der Waals surface area (Å²) in [6.45, 7) is 0.548. The van der Waals surface area contributed by atoms with Crippen LogP contribution in [0.25, 0.3) is 22.0 Å². The van der Waals surface area contributed by atoms with Crippen LogP contribution in [-0.4, -0.2) is 39.6 Å². The van der Waals surface area contributed by atoms with Crippen molar-refractivity contribution in [2.45, 2.75) is 18.9 Å². The van der Waals surface area contributed by atoms with E-state index in [1.54, 1.807) is 11.1 Å². The summed E-state index contributed by atoms with van der Waals surface area (Å²) in [6.07, 6.45) is 3.14. The molecule has 1 saturated heterocycles. The number of rotatable bonds is 4. The summed E-state index contributed by atoms with van der Waals surface area (Å²) in [5, 5.41) is 13.7. The number of carbonyl (C=O) groups excluding carboxylic acids is 2. The molecule has 1 aromatic heterocycles. The highest BCUT2D eigenvalue weighted by atomic mass is 16.2. The molecule has 3 aromatic carbocycles. The van der Waals surface area contributed by atoms with Crippen molar-refractivity contribution < 1.29 is 9.59 Å². The fourth-order valence-corrected chi connectivity index (χ4v) is 4.10. The molecule has 160 valence electrons. The lowest BCUT2D eigenvalue weighted by molar-refractivity contribution is -0.119. The maximum absolute atomic E-state index is 12.9. The molecule has 0 aliphatic carbocycles. The number of aromatic amines is 1. The van der Waals surface area contributed by atoms with Crippen LogP contribution in [0.4, 0.5) is 16.2 Å². The molecule has 7 heteroatoms. The third-order valence-electron chi connectivity index (χ3n) is 5.77. The topological polar surface area (TPSA) is 90.1 Å². The van der Waals surface area contributed by atoms with Gasteiger partial charge in [0.25, 0.3) is 0 Å². The minimum absolute atomic E-state index is 0.181. The number of likely N-dealkylation sites (tertiary alicyclic amines) is 1. The van der Waals surface area contributed by atoms with Crippen molar-refractivity contribution in [1.82, 2.24) is 15.1 Å². The number of anilines is 2. The first-order valence-electron chi connectivity index (χ1n) is 10.6. The van der Waals surface area contributed by atoms with Gasteiger partial charge in [-0.05, 0) is 54.3 Å². The molecular weight excluding hydrogens is 402 g/mol. The number of hydrogen-bond acceptors (Lipinski definition) is 3. The molecule has 2 heterocycles. The Hall–Kier alpha value is -4.13. The first-order chi connectivity index (χ1) is 15.7. The minimum Gasteiger partial charge on any atom is -0.324 e. The van der Waals surface area contributed by atoms with Gasteiger partial charge in [0, 0.05) is 23.3 Å². The average molecular weight is 425 g/mol. The van der Waals surface area contributed by atoms with Crippen LogP contribution in [0.2, 0.25) is 0 Å². The first kappa shape index (κ1) is 19.8. The van der Waals surface area contributed by atoms with Crippen molar-refractivity contribution in [2.24, 2.45) is 0 Å². The van der Waals surface area contributed by atoms with E-state index < -0.39 is 6.04 Å². The zero-order valence-electron chi connectivity index (χ0n) is 17.4. The van der Waals surface area contributed by atoms with Gasteiger partial charge >= 0.3 is 6.03 Å². The zero-order chi connectivity index (χ0) is 21.9. The Morgan fingerprint density at radius 3 is 2.47 bits per heavy atom. The number of benzene rings is 3. The van der Waals surface area contributed by atoms with E-state index in [1.165, 1.54) is 0 Å². The molecule has 1 atom stereocenters. The number of amides is 3. The Balaban J connectivity index is 1.24. The van der Waals surface area contributed by atoms with Gasteiger partial charge in [-0.3, -0.25) is 9.89 Å². The largest absolute Gasteiger partial charge is 0.324 e. The van der Waals surface area contributed by atoms with Crippen LogP contribution in [0.1, 0.15) is 12.8 Å². The highest BCUT2D eigenvalue weighted by Gasteiger charge is 2.34. The van der Waals surface area contributed by atoms with Gasteiger partial charge in [0.05, 0.1) is 11.7 Å². The predicted octanol–water partition coefficient (Wildman–Crippen LogP) is 4.86. The second-order valence-electron chi connectivity index (χ2n) is 7.89. The molecule has 5 rings (SSSR count). The van der Waals surface area contributed by atoms with E-state index in [9.17, 15) is 9.59 Å². The molecular formula is C25H23N5O2. The number of urea groups is 1. The lowest BCUT2D eigenvalue weighted by Crippen LogP contribution is -2.45. The molecule has 3 amide bonds. The van der Waals surface area contributed by atoms with Gasteiger partial charge in [-0.1, -0.05) is 42.5 Å². The first-order valence-corrected chi connectivity index (χ1v) is 10.6. The Kier molecular flexibility index (Phi) is 5.29. The molecule has 0 spiro atoms. The normalized spacial score (nSPS) is 15.6. The quantitative estimate of drug-likeness (QED) is 0.436. The van der Waals surface area contributed by atoms with Crippen molar-refractivity contribution >= 4 is 34.2 Å². The van der Waals surface area contributed by atoms with Crippen molar-refractivity contribution in [3.63, 3.8) is 0 Å². The minimum atomic E-state index is -0.501. The van der Waals surface area contributed by atoms with Gasteiger partial charge in [0.1, 0.15) is 6.04 Å². The molecule has 3 N–H and O–H groups in total. The molecule has 1 aliphatic heterocycles. The Labute approximate surface area is 185 Å². The summed E-state index contributed by atoms with van der Waals surface area (Å²) in [4.78, 5) is 27.4. The van der Waals surface area contributed by atoms with E-state index >= 15 is 0 Å². The second-order valence-corrected chi connectivity index (χ2v) is 7.89. The predicted molar refractivity (Wildman–Crippen MR) is 125 cm³/mol. The van der Waals surface area contributed by atoms with Gasteiger partial charge in [0.2, 0.25) is 5.91 Å². The van der Waals surface area contributed by atoms with Crippen LogP contribution in [0, 0.1) is 0 Å². The van der Waals surface area contributed by atoms with Crippen molar-refractivity contribution in [3.8, 4) is 11.1 Å². The van der Waals surface area contributed by atoms with Gasteiger partial charge in [-0.15, -0.1) is 0 Å². The van der Waals surface area contributed by atoms with Crippen molar-refractivity contribution in [2.75, 3.05) is 17.2 Å². The summed E-state index contributed by atoms with van der Waals surface area (Å²) < 4.78 is 0. The lowest BCUT2D eigenvalue weighted by Gasteiger charge is -2.24. The summed E-state index contributed by atoms with van der Waals surface area (Å²) >= 11 is 0. The molecule has 32 heavy (non-hydrogen) atoms. The highest BCUT2D eigenvalue weighted by Crippen LogP contribution is 2.24. The van der Waals surface area contributed by atoms with Crippen LogP contribution in [0.5, 0.6) is 0 Å². The molecule has 0 bridgehead atoms. The summed E-state index contributed by atoms with van der Waals surface area (Å²) in [7, 11) is 0. The van der Waals surface area contributed by atoms with Gasteiger partial charge < -0.3 is 15.5 Å². The molecule has 0 radical (unpaired) electrons. The maximum Gasteiger partial charge on any atom is 0.322 e. The number of fused-ring (bicyclic) bond motifs is 1. The Morgan fingerprint density at radius 1 is 0.906 bits per heavy atom. The molecule has 1 aliphatic rings. The Bertz CT molecular complexity index is 1250. The van der Waals surface area contributed by atoms with E-state index in [0.29, 0.717) is 24.3 Å². The molecule has 4 aromatic rings. The van der Waals surface area contributed by atoms with E-state index in [4.69, 9.17) is 0 Å². The third kappa shape index (κ3) is 4.05. The van der Waals surface area contributed by atoms with Crippen LogP contribution in [0.3, 0.4) is 0 Å². The van der Waals surface area contributed by atoms with E-state index in [1.807, 2.05) is 72.8 Å². The van der Waals surface area contributed by atoms with Crippen LogP contribution in [0.15, 0.2) is 79.0 Å². The van der Waals surface area contributed by atoms with Crippen LogP contribution in [-0.2, 0) is 4.79 Å². The molecule has 0 saturated carbocycles. The highest BCUT2D eigenvalue weighted by molar-refractivity contribution is 6.00.